The Balaban J connectivity index is 1.93. The minimum atomic E-state index is -0.301. The maximum Gasteiger partial charge on any atom is 0.242 e. The van der Waals surface area contributed by atoms with Crippen LogP contribution in [0.4, 0.5) is 0 Å². The van der Waals surface area contributed by atoms with Crippen molar-refractivity contribution in [1.29, 1.82) is 0 Å². The number of piperidine rings is 1. The van der Waals surface area contributed by atoms with Gasteiger partial charge in [0.15, 0.2) is 0 Å². The highest BCUT2D eigenvalue weighted by Gasteiger charge is 2.35. The van der Waals surface area contributed by atoms with E-state index in [2.05, 4.69) is 17.6 Å². The Morgan fingerprint density at radius 2 is 2.11 bits per heavy atom. The van der Waals surface area contributed by atoms with Crippen molar-refractivity contribution >= 4 is 5.91 Å². The lowest BCUT2D eigenvalue weighted by molar-refractivity contribution is -0.138. The molecule has 2 rings (SSSR count). The number of nitrogens with one attached hydrogen (secondary N) is 2. The minimum absolute atomic E-state index is 0.108. The number of rotatable bonds is 2. The van der Waals surface area contributed by atoms with Crippen molar-refractivity contribution in [2.45, 2.75) is 31.7 Å². The van der Waals surface area contributed by atoms with Gasteiger partial charge in [0.25, 0.3) is 0 Å². The van der Waals surface area contributed by atoms with Crippen molar-refractivity contribution in [3.05, 3.63) is 0 Å². The zero-order chi connectivity index (χ0) is 13.1. The maximum atomic E-state index is 12.4. The highest BCUT2D eigenvalue weighted by molar-refractivity contribution is 5.83. The van der Waals surface area contributed by atoms with Gasteiger partial charge in [-0.2, -0.15) is 0 Å². The molecular weight excluding hydrogens is 232 g/mol. The summed E-state index contributed by atoms with van der Waals surface area (Å²) in [5, 5.41) is 6.32. The van der Waals surface area contributed by atoms with E-state index < -0.39 is 0 Å². The molecule has 0 aliphatic carbocycles. The van der Waals surface area contributed by atoms with Crippen molar-refractivity contribution in [1.82, 2.24) is 15.5 Å². The first-order valence-electron chi connectivity index (χ1n) is 6.67. The molecule has 0 aromatic rings. The van der Waals surface area contributed by atoms with Crippen LogP contribution in [0.25, 0.3) is 0 Å². The normalized spacial score (nSPS) is 37.6. The Labute approximate surface area is 108 Å². The lowest BCUT2D eigenvalue weighted by Crippen LogP contribution is -2.66. The van der Waals surface area contributed by atoms with Crippen LogP contribution in [0.2, 0.25) is 0 Å². The van der Waals surface area contributed by atoms with Crippen LogP contribution in [-0.4, -0.2) is 62.4 Å². The van der Waals surface area contributed by atoms with Crippen molar-refractivity contribution in [2.75, 3.05) is 33.3 Å². The Morgan fingerprint density at radius 1 is 1.39 bits per heavy atom. The fourth-order valence-corrected chi connectivity index (χ4v) is 2.82. The third-order valence-corrected chi connectivity index (χ3v) is 3.94. The van der Waals surface area contributed by atoms with Gasteiger partial charge in [0, 0.05) is 33.3 Å². The van der Waals surface area contributed by atoms with Gasteiger partial charge in [0.2, 0.25) is 5.91 Å². The molecule has 4 N–H and O–H groups in total. The minimum Gasteiger partial charge on any atom is -0.381 e. The number of ether oxygens (including phenoxy) is 1. The molecule has 2 saturated heterocycles. The molecule has 0 spiro atoms. The van der Waals surface area contributed by atoms with E-state index in [0.717, 1.165) is 32.6 Å². The van der Waals surface area contributed by atoms with Crippen LogP contribution in [0, 0.1) is 5.92 Å². The van der Waals surface area contributed by atoms with Gasteiger partial charge in [-0.15, -0.1) is 0 Å². The Morgan fingerprint density at radius 3 is 2.72 bits per heavy atom. The Bertz CT molecular complexity index is 300. The quantitative estimate of drug-likeness (QED) is 0.573. The molecular formula is C12H24N4O2. The predicted octanol–water partition coefficient (Wildman–Crippen LogP) is -1.28. The summed E-state index contributed by atoms with van der Waals surface area (Å²) in [7, 11) is 1.74. The van der Waals surface area contributed by atoms with E-state index in [1.54, 1.807) is 7.11 Å². The van der Waals surface area contributed by atoms with Gasteiger partial charge < -0.3 is 20.7 Å². The number of piperazine rings is 1. The van der Waals surface area contributed by atoms with Crippen LogP contribution in [0.15, 0.2) is 0 Å². The molecule has 2 fully saturated rings. The van der Waals surface area contributed by atoms with E-state index in [1.165, 1.54) is 0 Å². The monoisotopic (exact) mass is 256 g/mol. The molecule has 4 atom stereocenters. The van der Waals surface area contributed by atoms with E-state index in [1.807, 2.05) is 4.90 Å². The number of nitrogens with zero attached hydrogens (tertiary/aromatic N) is 1. The van der Waals surface area contributed by atoms with Crippen LogP contribution < -0.4 is 16.4 Å². The number of hydrogen-bond donors (Lipinski definition) is 3. The lowest BCUT2D eigenvalue weighted by Gasteiger charge is -2.40. The summed E-state index contributed by atoms with van der Waals surface area (Å²) in [6, 6.07) is -0.301. The van der Waals surface area contributed by atoms with Crippen LogP contribution in [0.1, 0.15) is 13.3 Å². The molecule has 104 valence electrons. The number of amides is 1. The van der Waals surface area contributed by atoms with E-state index in [-0.39, 0.29) is 24.2 Å². The predicted molar refractivity (Wildman–Crippen MR) is 68.9 cm³/mol. The van der Waals surface area contributed by atoms with Gasteiger partial charge in [-0.25, -0.2) is 0 Å². The second-order valence-corrected chi connectivity index (χ2v) is 5.24. The van der Waals surface area contributed by atoms with Crippen molar-refractivity contribution in [2.24, 2.45) is 11.7 Å². The van der Waals surface area contributed by atoms with Gasteiger partial charge in [-0.05, 0) is 12.3 Å². The van der Waals surface area contributed by atoms with Crippen LogP contribution in [-0.2, 0) is 9.53 Å². The van der Waals surface area contributed by atoms with Crippen LogP contribution >= 0.6 is 0 Å². The van der Waals surface area contributed by atoms with Crippen molar-refractivity contribution < 1.29 is 9.53 Å². The molecule has 6 nitrogen and oxygen atoms in total. The molecule has 0 bridgehead atoms. The fraction of sp³-hybridized carbons (Fsp3) is 0.917. The summed E-state index contributed by atoms with van der Waals surface area (Å²) in [6.45, 7) is 5.23. The molecule has 1 amide bonds. The molecule has 0 radical (unpaired) electrons. The molecule has 0 aromatic carbocycles. The van der Waals surface area contributed by atoms with E-state index in [4.69, 9.17) is 10.5 Å². The summed E-state index contributed by atoms with van der Waals surface area (Å²) >= 11 is 0. The fourth-order valence-electron chi connectivity index (χ4n) is 2.82. The van der Waals surface area contributed by atoms with E-state index >= 15 is 0 Å². The van der Waals surface area contributed by atoms with Crippen molar-refractivity contribution in [3.63, 3.8) is 0 Å². The molecule has 2 aliphatic rings. The van der Waals surface area contributed by atoms with Crippen molar-refractivity contribution in [3.8, 4) is 0 Å². The van der Waals surface area contributed by atoms with E-state index in [0.29, 0.717) is 5.92 Å². The highest BCUT2D eigenvalue weighted by atomic mass is 16.5. The second-order valence-electron chi connectivity index (χ2n) is 5.24. The molecule has 0 aromatic heterocycles. The number of hydrogen-bond acceptors (Lipinski definition) is 5. The van der Waals surface area contributed by atoms with E-state index in [9.17, 15) is 4.79 Å². The number of carbonyl (C=O) groups is 1. The Hall–Kier alpha value is -0.690. The average Bonchev–Trinajstić information content (AvgIpc) is 2.38. The third-order valence-electron chi connectivity index (χ3n) is 3.94. The number of nitrogens with two attached hydrogens (primary N) is 1. The van der Waals surface area contributed by atoms with Crippen LogP contribution in [0.5, 0.6) is 0 Å². The summed E-state index contributed by atoms with van der Waals surface area (Å²) in [6.07, 6.45) is 0.876. The first-order valence-corrected chi connectivity index (χ1v) is 6.67. The van der Waals surface area contributed by atoms with Gasteiger partial charge in [-0.1, -0.05) is 6.92 Å². The summed E-state index contributed by atoms with van der Waals surface area (Å²) in [4.78, 5) is 14.3. The molecule has 18 heavy (non-hydrogen) atoms. The lowest BCUT2D eigenvalue weighted by atomic mass is 9.95. The number of carbonyl (C=O) groups excluding carboxylic acids is 1. The smallest absolute Gasteiger partial charge is 0.242 e. The molecule has 4 unspecified atom stereocenters. The molecule has 2 aliphatic heterocycles. The SMILES string of the molecule is COC1CCN(C(=O)C2NCCNC2N)CC1C. The van der Waals surface area contributed by atoms with Gasteiger partial charge in [-0.3, -0.25) is 10.1 Å². The third kappa shape index (κ3) is 2.83. The van der Waals surface area contributed by atoms with Gasteiger partial charge in [0.1, 0.15) is 6.04 Å². The zero-order valence-electron chi connectivity index (χ0n) is 11.2. The first-order chi connectivity index (χ1) is 8.63. The standard InChI is InChI=1S/C12H24N4O2/c1-8-7-16(6-3-9(8)18-2)12(17)10-11(13)15-5-4-14-10/h8-11,14-15H,3-7,13H2,1-2H3. The zero-order valence-corrected chi connectivity index (χ0v) is 11.2. The molecule has 6 heteroatoms. The number of likely N-dealkylation sites (tertiary alicyclic amines) is 1. The number of methoxy groups -OCH3 is 1. The first kappa shape index (κ1) is 13.7. The molecule has 0 saturated carbocycles. The maximum absolute atomic E-state index is 12.4. The summed E-state index contributed by atoms with van der Waals surface area (Å²) in [5.41, 5.74) is 5.93. The Kier molecular flexibility index (Phi) is 4.55. The largest absolute Gasteiger partial charge is 0.381 e. The summed E-state index contributed by atoms with van der Waals surface area (Å²) in [5.74, 6) is 0.483. The average molecular weight is 256 g/mol. The highest BCUT2D eigenvalue weighted by Crippen LogP contribution is 2.20. The second kappa shape index (κ2) is 5.97. The topological polar surface area (TPSA) is 79.6 Å². The van der Waals surface area contributed by atoms with Gasteiger partial charge in [0.05, 0.1) is 12.3 Å². The molecule has 2 heterocycles. The van der Waals surface area contributed by atoms with Crippen LogP contribution in [0.3, 0.4) is 0 Å². The summed E-state index contributed by atoms with van der Waals surface area (Å²) < 4.78 is 5.41. The van der Waals surface area contributed by atoms with Gasteiger partial charge >= 0.3 is 0 Å².